The summed E-state index contributed by atoms with van der Waals surface area (Å²) in [5, 5.41) is 2.97. The largest absolute Gasteiger partial charge is 0.494 e. The molecule has 0 aliphatic carbocycles. The van der Waals surface area contributed by atoms with Crippen molar-refractivity contribution in [3.05, 3.63) is 65.2 Å². The van der Waals surface area contributed by atoms with E-state index < -0.39 is 0 Å². The highest BCUT2D eigenvalue weighted by molar-refractivity contribution is 5.94. The highest BCUT2D eigenvalue weighted by Gasteiger charge is 2.19. The lowest BCUT2D eigenvalue weighted by Crippen LogP contribution is -2.36. The maximum atomic E-state index is 12.3. The number of benzene rings is 2. The van der Waals surface area contributed by atoms with Gasteiger partial charge in [0.25, 0.3) is 5.91 Å². The van der Waals surface area contributed by atoms with Crippen LogP contribution in [-0.2, 0) is 17.8 Å². The van der Waals surface area contributed by atoms with E-state index in [0.29, 0.717) is 25.3 Å². The van der Waals surface area contributed by atoms with Gasteiger partial charge in [-0.25, -0.2) is 0 Å². The first-order valence-corrected chi connectivity index (χ1v) is 8.95. The number of hydrogen-bond donors (Lipinski definition) is 1. The molecule has 1 amide bonds. The first-order chi connectivity index (χ1) is 12.3. The second-order valence-electron chi connectivity index (χ2n) is 6.34. The Kier molecular flexibility index (Phi) is 6.07. The number of unbranched alkanes of at least 4 members (excludes halogenated alkanes) is 1. The Morgan fingerprint density at radius 2 is 1.92 bits per heavy atom. The molecular weight excluding hydrogens is 314 g/mol. The monoisotopic (exact) mass is 339 g/mol. The number of amides is 1. The zero-order valence-electron chi connectivity index (χ0n) is 14.7. The van der Waals surface area contributed by atoms with Crippen molar-refractivity contribution in [2.45, 2.75) is 38.9 Å². The molecule has 1 aliphatic rings. The Balaban J connectivity index is 1.48. The molecule has 1 atom stereocenters. The maximum Gasteiger partial charge on any atom is 0.251 e. The SMILES string of the molecule is CCCCOc1ccc(C(=O)NCC2Cc3ccccc3CO2)cc1. The van der Waals surface area contributed by atoms with Gasteiger partial charge in [-0.15, -0.1) is 0 Å². The van der Waals surface area contributed by atoms with Crippen LogP contribution in [0, 0.1) is 0 Å². The standard InChI is InChI=1S/C21H25NO3/c1-2-3-12-24-19-10-8-16(9-11-19)21(23)22-14-20-13-17-6-4-5-7-18(17)15-25-20/h4-11,20H,2-3,12-15H2,1H3,(H,22,23). The fourth-order valence-electron chi connectivity index (χ4n) is 2.89. The number of nitrogens with one attached hydrogen (secondary N) is 1. The van der Waals surface area contributed by atoms with Crippen molar-refractivity contribution in [3.8, 4) is 5.75 Å². The molecule has 132 valence electrons. The minimum absolute atomic E-state index is 0.0236. The lowest BCUT2D eigenvalue weighted by Gasteiger charge is -2.25. The van der Waals surface area contributed by atoms with Crippen LogP contribution in [-0.4, -0.2) is 25.2 Å². The van der Waals surface area contributed by atoms with Gasteiger partial charge in [0.15, 0.2) is 0 Å². The van der Waals surface area contributed by atoms with Gasteiger partial charge in [-0.05, 0) is 41.8 Å². The maximum absolute atomic E-state index is 12.3. The molecule has 2 aromatic rings. The van der Waals surface area contributed by atoms with Crippen LogP contribution < -0.4 is 10.1 Å². The predicted molar refractivity (Wildman–Crippen MR) is 97.9 cm³/mol. The van der Waals surface area contributed by atoms with E-state index in [1.165, 1.54) is 11.1 Å². The van der Waals surface area contributed by atoms with Gasteiger partial charge >= 0.3 is 0 Å². The lowest BCUT2D eigenvalue weighted by atomic mass is 9.99. The van der Waals surface area contributed by atoms with Gasteiger partial charge in [0, 0.05) is 18.5 Å². The molecule has 0 aromatic heterocycles. The molecule has 0 fully saturated rings. The van der Waals surface area contributed by atoms with Crippen LogP contribution in [0.15, 0.2) is 48.5 Å². The topological polar surface area (TPSA) is 47.6 Å². The average Bonchev–Trinajstić information content (AvgIpc) is 2.66. The number of ether oxygens (including phenoxy) is 2. The van der Waals surface area contributed by atoms with Crippen molar-refractivity contribution in [1.82, 2.24) is 5.32 Å². The molecule has 2 aromatic carbocycles. The zero-order chi connectivity index (χ0) is 17.5. The molecule has 1 heterocycles. The molecule has 25 heavy (non-hydrogen) atoms. The summed E-state index contributed by atoms with van der Waals surface area (Å²) in [6, 6.07) is 15.6. The van der Waals surface area contributed by atoms with Gasteiger partial charge in [0.2, 0.25) is 0 Å². The summed E-state index contributed by atoms with van der Waals surface area (Å²) in [5.41, 5.74) is 3.18. The molecule has 0 bridgehead atoms. The highest BCUT2D eigenvalue weighted by atomic mass is 16.5. The summed E-state index contributed by atoms with van der Waals surface area (Å²) in [7, 11) is 0. The van der Waals surface area contributed by atoms with Crippen molar-refractivity contribution in [3.63, 3.8) is 0 Å². The van der Waals surface area contributed by atoms with Gasteiger partial charge in [0.1, 0.15) is 5.75 Å². The third-order valence-corrected chi connectivity index (χ3v) is 4.41. The van der Waals surface area contributed by atoms with E-state index in [1.54, 1.807) is 12.1 Å². The summed E-state index contributed by atoms with van der Waals surface area (Å²) in [5.74, 6) is 0.722. The van der Waals surface area contributed by atoms with Crippen LogP contribution in [0.3, 0.4) is 0 Å². The Hall–Kier alpha value is -2.33. The molecule has 4 nitrogen and oxygen atoms in total. The van der Waals surface area contributed by atoms with Crippen molar-refractivity contribution >= 4 is 5.91 Å². The highest BCUT2D eigenvalue weighted by Crippen LogP contribution is 2.20. The third kappa shape index (κ3) is 4.83. The van der Waals surface area contributed by atoms with Gasteiger partial charge in [-0.2, -0.15) is 0 Å². The van der Waals surface area contributed by atoms with Gasteiger partial charge < -0.3 is 14.8 Å². The molecule has 1 unspecified atom stereocenters. The molecule has 0 radical (unpaired) electrons. The molecule has 0 spiro atoms. The van der Waals surface area contributed by atoms with Crippen molar-refractivity contribution < 1.29 is 14.3 Å². The van der Waals surface area contributed by atoms with Gasteiger partial charge in [-0.1, -0.05) is 37.6 Å². The minimum atomic E-state index is -0.0810. The van der Waals surface area contributed by atoms with Crippen LogP contribution >= 0.6 is 0 Å². The molecule has 0 saturated heterocycles. The van der Waals surface area contributed by atoms with Crippen LogP contribution in [0.4, 0.5) is 0 Å². The van der Waals surface area contributed by atoms with Crippen molar-refractivity contribution in [2.75, 3.05) is 13.2 Å². The number of fused-ring (bicyclic) bond motifs is 1. The Labute approximate surface area is 149 Å². The van der Waals surface area contributed by atoms with E-state index in [1.807, 2.05) is 24.3 Å². The van der Waals surface area contributed by atoms with Crippen LogP contribution in [0.2, 0.25) is 0 Å². The molecule has 4 heteroatoms. The van der Waals surface area contributed by atoms with Crippen molar-refractivity contribution in [2.24, 2.45) is 0 Å². The van der Waals surface area contributed by atoms with Gasteiger partial charge in [-0.3, -0.25) is 4.79 Å². The predicted octanol–water partition coefficient (Wildman–Crippen LogP) is 3.74. The van der Waals surface area contributed by atoms with Crippen LogP contribution in [0.1, 0.15) is 41.3 Å². The Morgan fingerprint density at radius 1 is 1.16 bits per heavy atom. The fourth-order valence-corrected chi connectivity index (χ4v) is 2.89. The van der Waals surface area contributed by atoms with Gasteiger partial charge in [0.05, 0.1) is 19.3 Å². The van der Waals surface area contributed by atoms with E-state index in [9.17, 15) is 4.79 Å². The lowest BCUT2D eigenvalue weighted by molar-refractivity contribution is 0.0285. The summed E-state index contributed by atoms with van der Waals surface area (Å²) in [6.07, 6.45) is 3.00. The zero-order valence-corrected chi connectivity index (χ0v) is 14.7. The van der Waals surface area contributed by atoms with Crippen LogP contribution in [0.25, 0.3) is 0 Å². The quantitative estimate of drug-likeness (QED) is 0.782. The summed E-state index contributed by atoms with van der Waals surface area (Å²) in [6.45, 7) is 3.97. The molecule has 1 N–H and O–H groups in total. The Bertz CT molecular complexity index is 697. The Morgan fingerprint density at radius 3 is 2.68 bits per heavy atom. The first kappa shape index (κ1) is 17.5. The number of hydrogen-bond acceptors (Lipinski definition) is 3. The van der Waals surface area contributed by atoms with E-state index >= 15 is 0 Å². The fraction of sp³-hybridized carbons (Fsp3) is 0.381. The van der Waals surface area contributed by atoms with E-state index in [4.69, 9.17) is 9.47 Å². The second-order valence-corrected chi connectivity index (χ2v) is 6.34. The molecule has 3 rings (SSSR count). The van der Waals surface area contributed by atoms with E-state index in [2.05, 4.69) is 24.4 Å². The molecule has 1 aliphatic heterocycles. The number of carbonyl (C=O) groups is 1. The third-order valence-electron chi connectivity index (χ3n) is 4.41. The molecular formula is C21H25NO3. The smallest absolute Gasteiger partial charge is 0.251 e. The summed E-state index contributed by atoms with van der Waals surface area (Å²) in [4.78, 5) is 12.3. The van der Waals surface area contributed by atoms with Crippen molar-refractivity contribution in [1.29, 1.82) is 0 Å². The molecule has 0 saturated carbocycles. The normalized spacial score (nSPS) is 16.1. The average molecular weight is 339 g/mol. The number of carbonyl (C=O) groups excluding carboxylic acids is 1. The van der Waals surface area contributed by atoms with E-state index in [-0.39, 0.29) is 12.0 Å². The summed E-state index contributed by atoms with van der Waals surface area (Å²) < 4.78 is 11.4. The minimum Gasteiger partial charge on any atom is -0.494 e. The summed E-state index contributed by atoms with van der Waals surface area (Å²) >= 11 is 0. The van der Waals surface area contributed by atoms with E-state index in [0.717, 1.165) is 25.0 Å². The first-order valence-electron chi connectivity index (χ1n) is 8.95. The second kappa shape index (κ2) is 8.67. The number of rotatable bonds is 7. The van der Waals surface area contributed by atoms with Crippen LogP contribution in [0.5, 0.6) is 5.75 Å².